The molecule has 0 radical (unpaired) electrons. The van der Waals surface area contributed by atoms with Crippen molar-refractivity contribution < 1.29 is 28.5 Å². The Morgan fingerprint density at radius 3 is 2.12 bits per heavy atom. The lowest BCUT2D eigenvalue weighted by Crippen LogP contribution is -2.38. The van der Waals surface area contributed by atoms with Gasteiger partial charge in [0, 0.05) is 43.4 Å². The highest BCUT2D eigenvalue weighted by molar-refractivity contribution is 5.86. The minimum Gasteiger partial charge on any atom is -0.507 e. The molecule has 1 saturated heterocycles. The van der Waals surface area contributed by atoms with Gasteiger partial charge < -0.3 is 28.5 Å². The molecule has 0 spiro atoms. The van der Waals surface area contributed by atoms with E-state index in [4.69, 9.17) is 23.4 Å². The fourth-order valence-corrected chi connectivity index (χ4v) is 4.95. The summed E-state index contributed by atoms with van der Waals surface area (Å²) in [7, 11) is 0. The molecule has 2 heterocycles. The third-order valence-corrected chi connectivity index (χ3v) is 7.27. The average Bonchev–Trinajstić information content (AvgIpc) is 3.04. The van der Waals surface area contributed by atoms with Crippen LogP contribution in [0.15, 0.2) is 106 Å². The van der Waals surface area contributed by atoms with Crippen molar-refractivity contribution in [2.45, 2.75) is 13.2 Å². The molecule has 0 saturated carbocycles. The minimum absolute atomic E-state index is 0.104. The number of phenolic OH excluding ortho intramolecular Hbond substituents is 1. The van der Waals surface area contributed by atoms with E-state index in [1.54, 1.807) is 12.1 Å². The molecule has 1 aromatic heterocycles. The smallest absolute Gasteiger partial charge is 0.197 e. The van der Waals surface area contributed by atoms with E-state index >= 15 is 0 Å². The summed E-state index contributed by atoms with van der Waals surface area (Å²) in [4.78, 5) is 15.4. The largest absolute Gasteiger partial charge is 0.507 e. The average molecular weight is 580 g/mol. The molecule has 1 N–H and O–H groups in total. The zero-order valence-electron chi connectivity index (χ0n) is 23.7. The molecule has 220 valence electrons. The maximum absolute atomic E-state index is 13.1. The summed E-state index contributed by atoms with van der Waals surface area (Å²) >= 11 is 0. The van der Waals surface area contributed by atoms with Gasteiger partial charge in [0.2, 0.25) is 0 Å². The van der Waals surface area contributed by atoms with Crippen LogP contribution in [0.5, 0.6) is 23.0 Å². The number of fused-ring (bicyclic) bond motifs is 1. The maximum atomic E-state index is 13.1. The van der Waals surface area contributed by atoms with Crippen LogP contribution in [0.2, 0.25) is 0 Å². The van der Waals surface area contributed by atoms with Crippen molar-refractivity contribution in [2.24, 2.45) is 0 Å². The van der Waals surface area contributed by atoms with E-state index in [2.05, 4.69) is 4.90 Å². The van der Waals surface area contributed by atoms with Gasteiger partial charge in [0.1, 0.15) is 48.0 Å². The summed E-state index contributed by atoms with van der Waals surface area (Å²) in [6.07, 6.45) is 0. The second kappa shape index (κ2) is 13.5. The second-order valence-corrected chi connectivity index (χ2v) is 10.3. The van der Waals surface area contributed by atoms with Crippen LogP contribution in [0.3, 0.4) is 0 Å². The van der Waals surface area contributed by atoms with Crippen LogP contribution in [0, 0.1) is 0 Å². The molecule has 8 nitrogen and oxygen atoms in total. The molecule has 0 unspecified atom stereocenters. The molecule has 6 rings (SSSR count). The lowest BCUT2D eigenvalue weighted by Gasteiger charge is -2.26. The topological polar surface area (TPSA) is 90.6 Å². The van der Waals surface area contributed by atoms with Gasteiger partial charge in [-0.05, 0) is 29.3 Å². The fraction of sp³-hybridized carbons (Fsp3) is 0.229. The third kappa shape index (κ3) is 7.17. The Balaban J connectivity index is 1.26. The highest BCUT2D eigenvalue weighted by atomic mass is 16.5. The van der Waals surface area contributed by atoms with E-state index in [-0.39, 0.29) is 22.1 Å². The van der Waals surface area contributed by atoms with Crippen LogP contribution in [-0.2, 0) is 18.0 Å². The summed E-state index contributed by atoms with van der Waals surface area (Å²) in [5, 5.41) is 10.8. The van der Waals surface area contributed by atoms with Gasteiger partial charge in [-0.3, -0.25) is 9.69 Å². The summed E-state index contributed by atoms with van der Waals surface area (Å²) in [6, 6.07) is 29.7. The van der Waals surface area contributed by atoms with Crippen molar-refractivity contribution >= 4 is 11.0 Å². The van der Waals surface area contributed by atoms with Gasteiger partial charge in [-0.15, -0.1) is 0 Å². The molecule has 0 amide bonds. The second-order valence-electron chi connectivity index (χ2n) is 10.3. The number of hydrogen-bond acceptors (Lipinski definition) is 8. The summed E-state index contributed by atoms with van der Waals surface area (Å²) in [5.74, 6) is 1.66. The molecule has 43 heavy (non-hydrogen) atoms. The lowest BCUT2D eigenvalue weighted by molar-refractivity contribution is 0.0322. The Kier molecular flexibility index (Phi) is 8.87. The van der Waals surface area contributed by atoms with Gasteiger partial charge in [0.15, 0.2) is 16.9 Å². The third-order valence-electron chi connectivity index (χ3n) is 7.27. The maximum Gasteiger partial charge on any atom is 0.197 e. The van der Waals surface area contributed by atoms with E-state index in [1.807, 2.05) is 72.8 Å². The highest BCUT2D eigenvalue weighted by Crippen LogP contribution is 2.36. The van der Waals surface area contributed by atoms with Crippen LogP contribution in [0.25, 0.3) is 22.3 Å². The predicted octanol–water partition coefficient (Wildman–Crippen LogP) is 6.03. The van der Waals surface area contributed by atoms with Gasteiger partial charge in [-0.1, -0.05) is 60.7 Å². The molecule has 8 heteroatoms. The van der Waals surface area contributed by atoms with Crippen LogP contribution < -0.4 is 19.6 Å². The number of benzene rings is 4. The summed E-state index contributed by atoms with van der Waals surface area (Å²) in [6.45, 7) is 5.02. The van der Waals surface area contributed by atoms with Crippen molar-refractivity contribution in [3.8, 4) is 34.3 Å². The predicted molar refractivity (Wildman–Crippen MR) is 164 cm³/mol. The highest BCUT2D eigenvalue weighted by Gasteiger charge is 2.16. The molecule has 0 aliphatic carbocycles. The van der Waals surface area contributed by atoms with Crippen LogP contribution in [-0.4, -0.2) is 49.5 Å². The van der Waals surface area contributed by atoms with Crippen molar-refractivity contribution in [1.29, 1.82) is 0 Å². The molecule has 4 aromatic carbocycles. The van der Waals surface area contributed by atoms with Crippen LogP contribution >= 0.6 is 0 Å². The summed E-state index contributed by atoms with van der Waals surface area (Å²) in [5.41, 5.74) is 2.55. The molecule has 5 aromatic rings. The zero-order valence-corrected chi connectivity index (χ0v) is 23.7. The van der Waals surface area contributed by atoms with Crippen molar-refractivity contribution in [2.75, 3.05) is 39.5 Å². The van der Waals surface area contributed by atoms with Crippen LogP contribution in [0.4, 0.5) is 0 Å². The van der Waals surface area contributed by atoms with Gasteiger partial charge in [-0.2, -0.15) is 0 Å². The first-order valence-corrected chi connectivity index (χ1v) is 14.3. The lowest BCUT2D eigenvalue weighted by atomic mass is 10.1. The number of phenols is 1. The Morgan fingerprint density at radius 2 is 1.42 bits per heavy atom. The number of nitrogens with zero attached hydrogens (tertiary/aromatic N) is 1. The minimum atomic E-state index is -0.357. The van der Waals surface area contributed by atoms with Crippen molar-refractivity contribution in [3.63, 3.8) is 0 Å². The molecular formula is C35H33NO7. The van der Waals surface area contributed by atoms with Gasteiger partial charge >= 0.3 is 0 Å². The Bertz CT molecular complexity index is 1710. The first-order valence-electron chi connectivity index (χ1n) is 14.3. The zero-order chi connectivity index (χ0) is 29.4. The Labute approximate surface area is 249 Å². The van der Waals surface area contributed by atoms with Crippen LogP contribution in [0.1, 0.15) is 11.1 Å². The van der Waals surface area contributed by atoms with Crippen molar-refractivity contribution in [1.82, 2.24) is 4.90 Å². The number of hydrogen-bond donors (Lipinski definition) is 1. The number of ether oxygens (including phenoxy) is 4. The summed E-state index contributed by atoms with van der Waals surface area (Å²) < 4.78 is 29.8. The SMILES string of the molecule is O=c1cc(-c2ccc(OCc3ccccc3)c(OCc3ccccc3)c2)oc2cc(OCCN3CCOCC3)cc(O)c12. The molecule has 1 aliphatic heterocycles. The van der Waals surface area contributed by atoms with Crippen molar-refractivity contribution in [3.05, 3.63) is 118 Å². The first kappa shape index (κ1) is 28.3. The normalized spacial score (nSPS) is 13.6. The molecule has 0 bridgehead atoms. The monoisotopic (exact) mass is 579 g/mol. The fourth-order valence-electron chi connectivity index (χ4n) is 4.95. The van der Waals surface area contributed by atoms with E-state index in [9.17, 15) is 9.90 Å². The number of rotatable bonds is 11. The quantitative estimate of drug-likeness (QED) is 0.203. The Morgan fingerprint density at radius 1 is 0.744 bits per heavy atom. The molecule has 1 aliphatic rings. The van der Waals surface area contributed by atoms with Gasteiger partial charge in [0.05, 0.1) is 13.2 Å². The van der Waals surface area contributed by atoms with E-state index in [0.717, 1.165) is 30.8 Å². The number of morpholine rings is 1. The number of aromatic hydroxyl groups is 1. The van der Waals surface area contributed by atoms with E-state index in [1.165, 1.54) is 12.1 Å². The Hall–Kier alpha value is -4.79. The first-order chi connectivity index (χ1) is 21.1. The van der Waals surface area contributed by atoms with Gasteiger partial charge in [0.25, 0.3) is 0 Å². The van der Waals surface area contributed by atoms with E-state index in [0.29, 0.717) is 61.6 Å². The molecular weight excluding hydrogens is 546 g/mol. The van der Waals surface area contributed by atoms with E-state index < -0.39 is 0 Å². The van der Waals surface area contributed by atoms with Gasteiger partial charge in [-0.25, -0.2) is 0 Å². The standard InChI is InChI=1S/C35H33NO7/c37-29-20-28(40-18-15-36-13-16-39-17-14-36)21-34-35(29)30(38)22-32(43-34)27-11-12-31(41-23-25-7-3-1-4-8-25)33(19-27)42-24-26-9-5-2-6-10-26/h1-12,19-22,37H,13-18,23-24H2. The molecule has 1 fully saturated rings. The molecule has 0 atom stereocenters.